The van der Waals surface area contributed by atoms with Crippen LogP contribution in [-0.2, 0) is 0 Å². The van der Waals surface area contributed by atoms with Crippen LogP contribution in [0.4, 0.5) is 0 Å². The van der Waals surface area contributed by atoms with E-state index in [2.05, 4.69) is 37.9 Å². The third-order valence-corrected chi connectivity index (χ3v) is 4.53. The van der Waals surface area contributed by atoms with E-state index in [9.17, 15) is 0 Å². The Balaban J connectivity index is 1.90. The van der Waals surface area contributed by atoms with E-state index >= 15 is 0 Å². The van der Waals surface area contributed by atoms with Crippen LogP contribution in [0.1, 0.15) is 53.4 Å². The van der Waals surface area contributed by atoms with Crippen molar-refractivity contribution in [1.82, 2.24) is 10.2 Å². The topological polar surface area (TPSA) is 15.3 Å². The summed E-state index contributed by atoms with van der Waals surface area (Å²) in [4.78, 5) is 2.75. The molecule has 2 aliphatic rings. The molecule has 0 bridgehead atoms. The average Bonchev–Trinajstić information content (AvgIpc) is 2.82. The predicted molar refractivity (Wildman–Crippen MR) is 69.7 cm³/mol. The molecule has 0 spiro atoms. The number of nitrogens with zero attached hydrogens (tertiary/aromatic N) is 1. The van der Waals surface area contributed by atoms with Gasteiger partial charge >= 0.3 is 0 Å². The van der Waals surface area contributed by atoms with Gasteiger partial charge in [0.25, 0.3) is 0 Å². The lowest BCUT2D eigenvalue weighted by atomic mass is 10.0. The fourth-order valence-corrected chi connectivity index (χ4v) is 3.06. The van der Waals surface area contributed by atoms with Crippen LogP contribution in [0, 0.1) is 5.41 Å². The standard InChI is InChI=1S/C14H28N2/c1-5-12-7-9-16(8-6-11(2)15-12)13-10-14(13,3)4/h11-13,15H,5-10H2,1-4H3. The molecular weight excluding hydrogens is 196 g/mol. The van der Waals surface area contributed by atoms with Crippen molar-refractivity contribution >= 4 is 0 Å². The first kappa shape index (κ1) is 12.4. The van der Waals surface area contributed by atoms with Gasteiger partial charge in [-0.1, -0.05) is 20.8 Å². The van der Waals surface area contributed by atoms with Gasteiger partial charge < -0.3 is 5.32 Å². The van der Waals surface area contributed by atoms with Crippen molar-refractivity contribution in [2.75, 3.05) is 13.1 Å². The van der Waals surface area contributed by atoms with Crippen molar-refractivity contribution in [3.05, 3.63) is 0 Å². The Morgan fingerprint density at radius 2 is 1.88 bits per heavy atom. The van der Waals surface area contributed by atoms with Crippen LogP contribution in [0.2, 0.25) is 0 Å². The van der Waals surface area contributed by atoms with Crippen LogP contribution < -0.4 is 5.32 Å². The van der Waals surface area contributed by atoms with Crippen molar-refractivity contribution in [3.63, 3.8) is 0 Å². The molecule has 2 heteroatoms. The van der Waals surface area contributed by atoms with Crippen LogP contribution in [0.15, 0.2) is 0 Å². The normalized spacial score (nSPS) is 40.1. The first-order valence-corrected chi connectivity index (χ1v) is 7.03. The van der Waals surface area contributed by atoms with Gasteiger partial charge in [-0.15, -0.1) is 0 Å². The fraction of sp³-hybridized carbons (Fsp3) is 1.00. The maximum Gasteiger partial charge on any atom is 0.0153 e. The molecule has 2 fully saturated rings. The summed E-state index contributed by atoms with van der Waals surface area (Å²) >= 11 is 0. The lowest BCUT2D eigenvalue weighted by molar-refractivity contribution is 0.187. The molecule has 1 saturated carbocycles. The third-order valence-electron chi connectivity index (χ3n) is 4.53. The van der Waals surface area contributed by atoms with E-state index in [1.165, 1.54) is 38.8 Å². The highest BCUT2D eigenvalue weighted by molar-refractivity contribution is 5.03. The zero-order chi connectivity index (χ0) is 11.8. The van der Waals surface area contributed by atoms with E-state index in [0.29, 0.717) is 11.5 Å². The van der Waals surface area contributed by atoms with Gasteiger partial charge in [0.2, 0.25) is 0 Å². The Labute approximate surface area is 101 Å². The van der Waals surface area contributed by atoms with Crippen LogP contribution in [0.3, 0.4) is 0 Å². The molecule has 1 heterocycles. The van der Waals surface area contributed by atoms with Crippen molar-refractivity contribution in [1.29, 1.82) is 0 Å². The first-order valence-electron chi connectivity index (χ1n) is 7.03. The molecule has 1 saturated heterocycles. The Morgan fingerprint density at radius 3 is 2.44 bits per heavy atom. The van der Waals surface area contributed by atoms with Gasteiger partial charge in [0.1, 0.15) is 0 Å². The van der Waals surface area contributed by atoms with E-state index < -0.39 is 0 Å². The van der Waals surface area contributed by atoms with Gasteiger partial charge in [-0.2, -0.15) is 0 Å². The molecule has 3 atom stereocenters. The van der Waals surface area contributed by atoms with Gasteiger partial charge in [-0.05, 0) is 51.1 Å². The Kier molecular flexibility index (Phi) is 3.60. The van der Waals surface area contributed by atoms with Crippen LogP contribution in [0.5, 0.6) is 0 Å². The molecule has 0 radical (unpaired) electrons. The minimum atomic E-state index is 0.595. The summed E-state index contributed by atoms with van der Waals surface area (Å²) in [5.74, 6) is 0. The number of hydrogen-bond donors (Lipinski definition) is 1. The largest absolute Gasteiger partial charge is 0.311 e. The second-order valence-corrected chi connectivity index (χ2v) is 6.49. The predicted octanol–water partition coefficient (Wildman–Crippen LogP) is 2.64. The summed E-state index contributed by atoms with van der Waals surface area (Å²) in [6, 6.07) is 2.30. The van der Waals surface area contributed by atoms with Gasteiger partial charge in [0, 0.05) is 18.1 Å². The van der Waals surface area contributed by atoms with E-state index in [4.69, 9.17) is 0 Å². The SMILES string of the molecule is CCC1CCN(C2CC2(C)C)CCC(C)N1. The van der Waals surface area contributed by atoms with Crippen LogP contribution in [-0.4, -0.2) is 36.1 Å². The number of hydrogen-bond acceptors (Lipinski definition) is 2. The number of rotatable bonds is 2. The second kappa shape index (κ2) is 4.66. The maximum absolute atomic E-state index is 3.74. The maximum atomic E-state index is 3.74. The van der Waals surface area contributed by atoms with E-state index in [-0.39, 0.29) is 0 Å². The smallest absolute Gasteiger partial charge is 0.0153 e. The molecule has 1 aliphatic heterocycles. The zero-order valence-corrected chi connectivity index (χ0v) is 11.4. The molecule has 0 aromatic carbocycles. The summed E-state index contributed by atoms with van der Waals surface area (Å²) in [5.41, 5.74) is 0.595. The first-order chi connectivity index (χ1) is 7.53. The second-order valence-electron chi connectivity index (χ2n) is 6.49. The van der Waals surface area contributed by atoms with E-state index in [1.54, 1.807) is 0 Å². The van der Waals surface area contributed by atoms with Gasteiger partial charge in [0.15, 0.2) is 0 Å². The van der Waals surface area contributed by atoms with E-state index in [1.807, 2.05) is 0 Å². The summed E-state index contributed by atoms with van der Waals surface area (Å²) in [6.07, 6.45) is 5.31. The third kappa shape index (κ3) is 2.78. The lowest BCUT2D eigenvalue weighted by Gasteiger charge is -2.32. The molecule has 1 aliphatic carbocycles. The molecule has 16 heavy (non-hydrogen) atoms. The minimum absolute atomic E-state index is 0.595. The fourth-order valence-electron chi connectivity index (χ4n) is 3.06. The van der Waals surface area contributed by atoms with Gasteiger partial charge in [0.05, 0.1) is 0 Å². The highest BCUT2D eigenvalue weighted by Crippen LogP contribution is 2.48. The van der Waals surface area contributed by atoms with E-state index in [0.717, 1.165) is 12.1 Å². The van der Waals surface area contributed by atoms with Crippen LogP contribution >= 0.6 is 0 Å². The summed E-state index contributed by atoms with van der Waals surface area (Å²) in [7, 11) is 0. The highest BCUT2D eigenvalue weighted by Gasteiger charge is 2.49. The average molecular weight is 224 g/mol. The van der Waals surface area contributed by atoms with Crippen molar-refractivity contribution in [2.24, 2.45) is 5.41 Å². The Hall–Kier alpha value is -0.0800. The molecule has 1 N–H and O–H groups in total. The summed E-state index contributed by atoms with van der Waals surface area (Å²) in [5, 5.41) is 3.74. The molecule has 3 unspecified atom stereocenters. The van der Waals surface area contributed by atoms with Crippen molar-refractivity contribution in [3.8, 4) is 0 Å². The summed E-state index contributed by atoms with van der Waals surface area (Å²) in [6.45, 7) is 12.1. The Bertz CT molecular complexity index is 237. The molecule has 0 amide bonds. The quantitative estimate of drug-likeness (QED) is 0.776. The van der Waals surface area contributed by atoms with Crippen molar-refractivity contribution in [2.45, 2.75) is 71.5 Å². The lowest BCUT2D eigenvalue weighted by Crippen LogP contribution is -2.45. The Morgan fingerprint density at radius 1 is 1.25 bits per heavy atom. The van der Waals surface area contributed by atoms with Crippen molar-refractivity contribution < 1.29 is 0 Å². The molecule has 0 aromatic heterocycles. The summed E-state index contributed by atoms with van der Waals surface area (Å²) < 4.78 is 0. The van der Waals surface area contributed by atoms with Crippen LogP contribution in [0.25, 0.3) is 0 Å². The highest BCUT2D eigenvalue weighted by atomic mass is 15.2. The molecule has 2 nitrogen and oxygen atoms in total. The molecule has 2 rings (SSSR count). The molecular formula is C14H28N2. The monoisotopic (exact) mass is 224 g/mol. The van der Waals surface area contributed by atoms with Gasteiger partial charge in [-0.3, -0.25) is 4.90 Å². The zero-order valence-electron chi connectivity index (χ0n) is 11.4. The molecule has 0 aromatic rings. The molecule has 94 valence electrons. The minimum Gasteiger partial charge on any atom is -0.311 e. The number of nitrogens with one attached hydrogen (secondary N) is 1. The van der Waals surface area contributed by atoms with Gasteiger partial charge in [-0.25, -0.2) is 0 Å².